The van der Waals surface area contributed by atoms with Gasteiger partial charge in [0.15, 0.2) is 0 Å². The topological polar surface area (TPSA) is 37.8 Å². The van der Waals surface area contributed by atoms with Crippen LogP contribution in [0.15, 0.2) is 84.9 Å². The van der Waals surface area contributed by atoms with Gasteiger partial charge >= 0.3 is 0 Å². The van der Waals surface area contributed by atoms with Crippen LogP contribution in [0, 0.1) is 0 Å². The van der Waals surface area contributed by atoms with Crippen LogP contribution >= 0.6 is 0 Å². The fraction of sp³-hybridized carbons (Fsp3) is 0. The van der Waals surface area contributed by atoms with E-state index in [0.29, 0.717) is 5.56 Å². The van der Waals surface area contributed by atoms with Crippen molar-refractivity contribution in [1.82, 2.24) is 9.55 Å². The zero-order valence-electron chi connectivity index (χ0n) is 15.0. The number of fused-ring (bicyclic) bond motifs is 7. The Hall–Kier alpha value is -3.85. The fourth-order valence-electron chi connectivity index (χ4n) is 4.39. The van der Waals surface area contributed by atoms with E-state index in [0.717, 1.165) is 34.0 Å². The predicted molar refractivity (Wildman–Crippen MR) is 116 cm³/mol. The molecule has 4 aromatic carbocycles. The summed E-state index contributed by atoms with van der Waals surface area (Å²) in [5.74, 6) is 0. The second-order valence-electron chi connectivity index (χ2n) is 7.12. The van der Waals surface area contributed by atoms with Crippen LogP contribution < -0.4 is 0 Å². The van der Waals surface area contributed by atoms with Crippen LogP contribution in [0.2, 0.25) is 0 Å². The number of aromatic nitrogens is 2. The van der Waals surface area contributed by atoms with E-state index >= 15 is 0 Å². The molecule has 3 heteroatoms. The SMILES string of the molecule is O=Cc1cccc(-n2c3ccccc3c3c4[nH]c5ccccc5c4ccc32)c1. The molecule has 0 spiro atoms. The molecule has 1 N–H and O–H groups in total. The summed E-state index contributed by atoms with van der Waals surface area (Å²) in [5.41, 5.74) is 6.22. The molecule has 6 rings (SSSR count). The molecule has 2 heterocycles. The first kappa shape index (κ1) is 15.2. The quantitative estimate of drug-likeness (QED) is 0.365. The van der Waals surface area contributed by atoms with Crippen molar-refractivity contribution in [3.63, 3.8) is 0 Å². The van der Waals surface area contributed by atoms with Gasteiger partial charge in [-0.05, 0) is 30.3 Å². The molecule has 3 nitrogen and oxygen atoms in total. The van der Waals surface area contributed by atoms with Gasteiger partial charge in [0.2, 0.25) is 0 Å². The van der Waals surface area contributed by atoms with E-state index in [9.17, 15) is 4.79 Å². The molecular formula is C25H16N2O. The maximum absolute atomic E-state index is 11.3. The van der Waals surface area contributed by atoms with Crippen LogP contribution in [-0.4, -0.2) is 15.8 Å². The summed E-state index contributed by atoms with van der Waals surface area (Å²) in [6.07, 6.45) is 0.896. The van der Waals surface area contributed by atoms with Crippen LogP contribution in [0.25, 0.3) is 49.3 Å². The van der Waals surface area contributed by atoms with Gasteiger partial charge in [-0.15, -0.1) is 0 Å². The van der Waals surface area contributed by atoms with Gasteiger partial charge in [-0.25, -0.2) is 0 Å². The molecule has 6 aromatic rings. The number of carbonyl (C=O) groups excluding carboxylic acids is 1. The highest BCUT2D eigenvalue weighted by Crippen LogP contribution is 2.38. The van der Waals surface area contributed by atoms with Gasteiger partial charge in [-0.1, -0.05) is 54.6 Å². The van der Waals surface area contributed by atoms with E-state index in [2.05, 4.69) is 70.2 Å². The average molecular weight is 360 g/mol. The molecule has 0 saturated heterocycles. The Morgan fingerprint density at radius 2 is 1.54 bits per heavy atom. The van der Waals surface area contributed by atoms with Crippen LogP contribution in [0.4, 0.5) is 0 Å². The van der Waals surface area contributed by atoms with E-state index in [1.54, 1.807) is 0 Å². The van der Waals surface area contributed by atoms with E-state index in [-0.39, 0.29) is 0 Å². The lowest BCUT2D eigenvalue weighted by Gasteiger charge is -2.08. The largest absolute Gasteiger partial charge is 0.354 e. The molecule has 0 aliphatic rings. The van der Waals surface area contributed by atoms with Crippen molar-refractivity contribution in [3.8, 4) is 5.69 Å². The molecule has 2 aromatic heterocycles. The van der Waals surface area contributed by atoms with Gasteiger partial charge in [0, 0.05) is 38.3 Å². The van der Waals surface area contributed by atoms with Crippen LogP contribution in [0.1, 0.15) is 10.4 Å². The number of hydrogen-bond donors (Lipinski definition) is 1. The van der Waals surface area contributed by atoms with Gasteiger partial charge in [-0.2, -0.15) is 0 Å². The van der Waals surface area contributed by atoms with Crippen molar-refractivity contribution in [2.45, 2.75) is 0 Å². The summed E-state index contributed by atoms with van der Waals surface area (Å²) in [5, 5.41) is 4.87. The first-order valence-electron chi connectivity index (χ1n) is 9.33. The molecule has 0 aliphatic carbocycles. The Bertz CT molecular complexity index is 1530. The van der Waals surface area contributed by atoms with Crippen molar-refractivity contribution in [2.24, 2.45) is 0 Å². The first-order valence-corrected chi connectivity index (χ1v) is 9.33. The summed E-state index contributed by atoms with van der Waals surface area (Å²) in [6.45, 7) is 0. The number of benzene rings is 4. The number of nitrogens with one attached hydrogen (secondary N) is 1. The standard InChI is InChI=1S/C25H16N2O/c28-15-16-6-5-7-17(14-16)27-22-11-4-2-9-20(22)24-23(27)13-12-19-18-8-1-3-10-21(18)26-25(19)24/h1-15,26H. The van der Waals surface area contributed by atoms with Crippen molar-refractivity contribution in [3.05, 3.63) is 90.5 Å². The minimum Gasteiger partial charge on any atom is -0.354 e. The third kappa shape index (κ3) is 1.96. The smallest absolute Gasteiger partial charge is 0.150 e. The zero-order chi connectivity index (χ0) is 18.7. The minimum atomic E-state index is 0.676. The molecule has 0 aliphatic heterocycles. The summed E-state index contributed by atoms with van der Waals surface area (Å²) in [7, 11) is 0. The number of H-pyrrole nitrogens is 1. The van der Waals surface area contributed by atoms with Crippen LogP contribution in [0.5, 0.6) is 0 Å². The van der Waals surface area contributed by atoms with Gasteiger partial charge in [0.05, 0.1) is 16.6 Å². The van der Waals surface area contributed by atoms with Gasteiger partial charge in [-0.3, -0.25) is 4.79 Å². The van der Waals surface area contributed by atoms with E-state index in [4.69, 9.17) is 0 Å². The Kier molecular flexibility index (Phi) is 3.03. The van der Waals surface area contributed by atoms with Gasteiger partial charge in [0.25, 0.3) is 0 Å². The first-order chi connectivity index (χ1) is 13.8. The number of hydrogen-bond acceptors (Lipinski definition) is 1. The lowest BCUT2D eigenvalue weighted by atomic mass is 10.1. The number of aldehydes is 1. The maximum atomic E-state index is 11.3. The second kappa shape index (κ2) is 5.57. The number of para-hydroxylation sites is 2. The Morgan fingerprint density at radius 1 is 0.714 bits per heavy atom. The molecule has 0 amide bonds. The molecule has 28 heavy (non-hydrogen) atoms. The third-order valence-electron chi connectivity index (χ3n) is 5.58. The highest BCUT2D eigenvalue weighted by molar-refractivity contribution is 6.25. The van der Waals surface area contributed by atoms with Crippen LogP contribution in [0.3, 0.4) is 0 Å². The van der Waals surface area contributed by atoms with Gasteiger partial charge < -0.3 is 9.55 Å². The summed E-state index contributed by atoms with van der Waals surface area (Å²) in [4.78, 5) is 14.9. The van der Waals surface area contributed by atoms with Crippen molar-refractivity contribution in [1.29, 1.82) is 0 Å². The molecule has 0 saturated carbocycles. The number of nitrogens with zero attached hydrogens (tertiary/aromatic N) is 1. The maximum Gasteiger partial charge on any atom is 0.150 e. The van der Waals surface area contributed by atoms with Crippen LogP contribution in [-0.2, 0) is 0 Å². The lowest BCUT2D eigenvalue weighted by Crippen LogP contribution is -1.94. The summed E-state index contributed by atoms with van der Waals surface area (Å²) in [6, 6.07) is 29.0. The van der Waals surface area contributed by atoms with E-state index in [1.165, 1.54) is 21.5 Å². The molecule has 0 radical (unpaired) electrons. The van der Waals surface area contributed by atoms with Crippen molar-refractivity contribution < 1.29 is 4.79 Å². The number of aromatic amines is 1. The highest BCUT2D eigenvalue weighted by Gasteiger charge is 2.16. The minimum absolute atomic E-state index is 0.676. The summed E-state index contributed by atoms with van der Waals surface area (Å²) < 4.78 is 2.24. The Balaban J connectivity index is 1.84. The average Bonchev–Trinajstić information content (AvgIpc) is 3.29. The second-order valence-corrected chi connectivity index (χ2v) is 7.12. The predicted octanol–water partition coefficient (Wildman–Crippen LogP) is 6.23. The molecule has 0 atom stereocenters. The molecule has 0 fully saturated rings. The highest BCUT2D eigenvalue weighted by atomic mass is 16.1. The van der Waals surface area contributed by atoms with Gasteiger partial charge in [0.1, 0.15) is 6.29 Å². The summed E-state index contributed by atoms with van der Waals surface area (Å²) >= 11 is 0. The lowest BCUT2D eigenvalue weighted by molar-refractivity contribution is 0.112. The third-order valence-corrected chi connectivity index (χ3v) is 5.58. The Morgan fingerprint density at radius 3 is 2.43 bits per heavy atom. The molecular weight excluding hydrogens is 344 g/mol. The van der Waals surface area contributed by atoms with E-state index < -0.39 is 0 Å². The molecule has 0 unspecified atom stereocenters. The van der Waals surface area contributed by atoms with Crippen molar-refractivity contribution in [2.75, 3.05) is 0 Å². The number of rotatable bonds is 2. The fourth-order valence-corrected chi connectivity index (χ4v) is 4.39. The monoisotopic (exact) mass is 360 g/mol. The Labute approximate surface area is 160 Å². The molecule has 0 bridgehead atoms. The van der Waals surface area contributed by atoms with E-state index in [1.807, 2.05) is 24.3 Å². The number of carbonyl (C=O) groups is 1. The molecule has 132 valence electrons. The normalized spacial score (nSPS) is 11.7. The zero-order valence-corrected chi connectivity index (χ0v) is 15.0. The van der Waals surface area contributed by atoms with Crippen molar-refractivity contribution >= 4 is 49.9 Å².